The van der Waals surface area contributed by atoms with Crippen LogP contribution in [0, 0.1) is 0 Å². The van der Waals surface area contributed by atoms with Crippen LogP contribution in [0.25, 0.3) is 0 Å². The van der Waals surface area contributed by atoms with E-state index >= 15 is 0 Å². The molecule has 0 saturated carbocycles. The van der Waals surface area contributed by atoms with Crippen LogP contribution >= 0.6 is 0 Å². The summed E-state index contributed by atoms with van der Waals surface area (Å²) in [5.41, 5.74) is 6.12. The molecule has 22 heavy (non-hydrogen) atoms. The third-order valence-electron chi connectivity index (χ3n) is 2.90. The van der Waals surface area contributed by atoms with E-state index in [1.807, 2.05) is 0 Å². The Morgan fingerprint density at radius 1 is 1.36 bits per heavy atom. The van der Waals surface area contributed by atoms with Gasteiger partial charge in [0, 0.05) is 37.7 Å². The van der Waals surface area contributed by atoms with Gasteiger partial charge in [0.2, 0.25) is 11.8 Å². The molecule has 2 aromatic rings. The second-order valence-electron chi connectivity index (χ2n) is 4.54. The van der Waals surface area contributed by atoms with E-state index in [0.29, 0.717) is 23.9 Å². The standard InChI is InChI=1S/C15H18N4O3/c1-21-13(10-16)9-14(20)18-11-4-2-5-12(8-11)22-15-6-3-7-17-19-15/h2-8,13H,9-10,16H2,1H3,(H,18,20). The van der Waals surface area contributed by atoms with Crippen LogP contribution in [0.15, 0.2) is 42.6 Å². The number of carbonyl (C=O) groups excluding carboxylic acids is 1. The van der Waals surface area contributed by atoms with Gasteiger partial charge >= 0.3 is 0 Å². The molecule has 2 rings (SSSR count). The lowest BCUT2D eigenvalue weighted by Gasteiger charge is -2.13. The Kier molecular flexibility index (Phi) is 5.81. The molecule has 7 nitrogen and oxygen atoms in total. The molecule has 7 heteroatoms. The zero-order valence-corrected chi connectivity index (χ0v) is 12.2. The summed E-state index contributed by atoms with van der Waals surface area (Å²) in [6.07, 6.45) is 1.47. The third kappa shape index (κ3) is 4.80. The lowest BCUT2D eigenvalue weighted by atomic mass is 10.2. The molecular formula is C15H18N4O3. The number of methoxy groups -OCH3 is 1. The van der Waals surface area contributed by atoms with Gasteiger partial charge in [-0.2, -0.15) is 5.10 Å². The van der Waals surface area contributed by atoms with E-state index in [1.54, 1.807) is 42.6 Å². The van der Waals surface area contributed by atoms with Crippen LogP contribution in [0.1, 0.15) is 6.42 Å². The molecule has 1 amide bonds. The first-order valence-electron chi connectivity index (χ1n) is 6.79. The number of benzene rings is 1. The third-order valence-corrected chi connectivity index (χ3v) is 2.90. The molecule has 0 aliphatic rings. The van der Waals surface area contributed by atoms with Gasteiger partial charge in [-0.05, 0) is 18.2 Å². The summed E-state index contributed by atoms with van der Waals surface area (Å²) in [5.74, 6) is 0.767. The highest BCUT2D eigenvalue weighted by molar-refractivity contribution is 5.91. The van der Waals surface area contributed by atoms with Crippen LogP contribution in [0.4, 0.5) is 5.69 Å². The highest BCUT2D eigenvalue weighted by Crippen LogP contribution is 2.22. The summed E-state index contributed by atoms with van der Waals surface area (Å²) in [4.78, 5) is 11.9. The lowest BCUT2D eigenvalue weighted by Crippen LogP contribution is -2.28. The van der Waals surface area contributed by atoms with E-state index in [-0.39, 0.29) is 18.4 Å². The normalized spacial score (nSPS) is 11.7. The van der Waals surface area contributed by atoms with E-state index in [4.69, 9.17) is 15.2 Å². The smallest absolute Gasteiger partial charge is 0.238 e. The van der Waals surface area contributed by atoms with Gasteiger partial charge in [-0.1, -0.05) is 6.07 Å². The second-order valence-corrected chi connectivity index (χ2v) is 4.54. The fourth-order valence-corrected chi connectivity index (χ4v) is 1.78. The number of aromatic nitrogens is 2. The molecule has 3 N–H and O–H groups in total. The van der Waals surface area contributed by atoms with Crippen molar-refractivity contribution >= 4 is 11.6 Å². The van der Waals surface area contributed by atoms with Crippen LogP contribution in [0.2, 0.25) is 0 Å². The average molecular weight is 302 g/mol. The van der Waals surface area contributed by atoms with E-state index < -0.39 is 0 Å². The highest BCUT2D eigenvalue weighted by Gasteiger charge is 2.11. The van der Waals surface area contributed by atoms with Gasteiger partial charge < -0.3 is 20.5 Å². The first kappa shape index (κ1) is 15.9. The topological polar surface area (TPSA) is 99.4 Å². The van der Waals surface area contributed by atoms with E-state index in [1.165, 1.54) is 7.11 Å². The van der Waals surface area contributed by atoms with Crippen molar-refractivity contribution in [1.29, 1.82) is 0 Å². The van der Waals surface area contributed by atoms with Gasteiger partial charge in [0.25, 0.3) is 0 Å². The maximum atomic E-state index is 11.9. The van der Waals surface area contributed by atoms with Crippen molar-refractivity contribution in [2.45, 2.75) is 12.5 Å². The Morgan fingerprint density at radius 3 is 2.91 bits per heavy atom. The van der Waals surface area contributed by atoms with Crippen LogP contribution in [0.5, 0.6) is 11.6 Å². The van der Waals surface area contributed by atoms with Gasteiger partial charge in [-0.25, -0.2) is 0 Å². The number of ether oxygens (including phenoxy) is 2. The number of hydrogen-bond donors (Lipinski definition) is 2. The molecule has 1 aromatic heterocycles. The Morgan fingerprint density at radius 2 is 2.23 bits per heavy atom. The quantitative estimate of drug-likeness (QED) is 0.805. The molecule has 1 atom stereocenters. The molecule has 1 heterocycles. The predicted molar refractivity (Wildman–Crippen MR) is 81.6 cm³/mol. The molecule has 0 fully saturated rings. The van der Waals surface area contributed by atoms with Gasteiger partial charge in [-0.3, -0.25) is 4.79 Å². The minimum absolute atomic E-state index is 0.172. The van der Waals surface area contributed by atoms with Crippen LogP contribution in [-0.2, 0) is 9.53 Å². The summed E-state index contributed by atoms with van der Waals surface area (Å²) < 4.78 is 10.6. The molecule has 1 unspecified atom stereocenters. The molecule has 0 radical (unpaired) electrons. The summed E-state index contributed by atoms with van der Waals surface area (Å²) in [5, 5.41) is 10.3. The van der Waals surface area contributed by atoms with Crippen molar-refractivity contribution in [2.75, 3.05) is 19.0 Å². The van der Waals surface area contributed by atoms with Gasteiger partial charge in [-0.15, -0.1) is 5.10 Å². The second kappa shape index (κ2) is 8.06. The Balaban J connectivity index is 1.98. The van der Waals surface area contributed by atoms with Gasteiger partial charge in [0.15, 0.2) is 0 Å². The predicted octanol–water partition coefficient (Wildman–Crippen LogP) is 1.57. The number of nitrogens with one attached hydrogen (secondary N) is 1. The summed E-state index contributed by atoms with van der Waals surface area (Å²) in [6, 6.07) is 10.4. The number of amides is 1. The van der Waals surface area contributed by atoms with Crippen LogP contribution in [-0.4, -0.2) is 35.9 Å². The molecule has 0 bridgehead atoms. The number of rotatable bonds is 7. The number of anilines is 1. The Hall–Kier alpha value is -2.51. The van der Waals surface area contributed by atoms with E-state index in [0.717, 1.165) is 0 Å². The SMILES string of the molecule is COC(CN)CC(=O)Nc1cccc(Oc2cccnn2)c1. The number of nitrogens with two attached hydrogens (primary N) is 1. The van der Waals surface area contributed by atoms with Crippen molar-refractivity contribution < 1.29 is 14.3 Å². The molecule has 0 saturated heterocycles. The molecule has 0 aliphatic carbocycles. The average Bonchev–Trinajstić information content (AvgIpc) is 2.54. The number of nitrogens with zero attached hydrogens (tertiary/aromatic N) is 2. The van der Waals surface area contributed by atoms with Crippen molar-refractivity contribution in [2.24, 2.45) is 5.73 Å². The largest absolute Gasteiger partial charge is 0.437 e. The van der Waals surface area contributed by atoms with Gasteiger partial charge in [0.1, 0.15) is 5.75 Å². The van der Waals surface area contributed by atoms with Crippen molar-refractivity contribution in [1.82, 2.24) is 10.2 Å². The number of hydrogen-bond acceptors (Lipinski definition) is 6. The fourth-order valence-electron chi connectivity index (χ4n) is 1.78. The monoisotopic (exact) mass is 302 g/mol. The summed E-state index contributed by atoms with van der Waals surface area (Å²) in [7, 11) is 1.53. The summed E-state index contributed by atoms with van der Waals surface area (Å²) in [6.45, 7) is 0.291. The van der Waals surface area contributed by atoms with Crippen molar-refractivity contribution in [3.8, 4) is 11.6 Å². The van der Waals surface area contributed by atoms with Crippen LogP contribution < -0.4 is 15.8 Å². The minimum Gasteiger partial charge on any atom is -0.437 e. The van der Waals surface area contributed by atoms with E-state index in [9.17, 15) is 4.79 Å². The zero-order valence-electron chi connectivity index (χ0n) is 12.2. The molecule has 0 aliphatic heterocycles. The first-order chi connectivity index (χ1) is 10.7. The molecular weight excluding hydrogens is 284 g/mol. The van der Waals surface area contributed by atoms with Gasteiger partial charge in [0.05, 0.1) is 12.5 Å². The molecule has 116 valence electrons. The van der Waals surface area contributed by atoms with E-state index in [2.05, 4.69) is 15.5 Å². The highest BCUT2D eigenvalue weighted by atomic mass is 16.5. The Labute approximate surface area is 128 Å². The number of carbonyl (C=O) groups is 1. The maximum Gasteiger partial charge on any atom is 0.238 e. The van der Waals surface area contributed by atoms with Crippen molar-refractivity contribution in [3.05, 3.63) is 42.6 Å². The Bertz CT molecular complexity index is 603. The fraction of sp³-hybridized carbons (Fsp3) is 0.267. The lowest BCUT2D eigenvalue weighted by molar-refractivity contribution is -0.118. The maximum absolute atomic E-state index is 11.9. The summed E-state index contributed by atoms with van der Waals surface area (Å²) >= 11 is 0. The van der Waals surface area contributed by atoms with Crippen molar-refractivity contribution in [3.63, 3.8) is 0 Å². The minimum atomic E-state index is -0.293. The molecule has 0 spiro atoms. The van der Waals surface area contributed by atoms with Crippen LogP contribution in [0.3, 0.4) is 0 Å². The molecule has 1 aromatic carbocycles. The first-order valence-corrected chi connectivity index (χ1v) is 6.79. The zero-order chi connectivity index (χ0) is 15.8.